The molecule has 2 atom stereocenters. The van der Waals surface area contributed by atoms with Crippen molar-refractivity contribution in [1.29, 1.82) is 0 Å². The highest BCUT2D eigenvalue weighted by Gasteiger charge is 2.27. The molecule has 1 aliphatic rings. The highest BCUT2D eigenvalue weighted by Crippen LogP contribution is 2.28. The van der Waals surface area contributed by atoms with Gasteiger partial charge in [0.2, 0.25) is 0 Å². The van der Waals surface area contributed by atoms with Crippen molar-refractivity contribution in [3.05, 3.63) is 23.8 Å². The molecule has 1 aliphatic heterocycles. The van der Waals surface area contributed by atoms with Gasteiger partial charge >= 0.3 is 0 Å². The summed E-state index contributed by atoms with van der Waals surface area (Å²) >= 11 is 0. The lowest BCUT2D eigenvalue weighted by Crippen LogP contribution is -2.42. The van der Waals surface area contributed by atoms with Crippen LogP contribution in [0, 0.1) is 12.3 Å². The Balaban J connectivity index is 2.11. The summed E-state index contributed by atoms with van der Waals surface area (Å²) in [6.45, 7) is 0.635. The van der Waals surface area contributed by atoms with Gasteiger partial charge in [-0.05, 0) is 25.0 Å². The van der Waals surface area contributed by atoms with E-state index in [9.17, 15) is 15.0 Å². The maximum Gasteiger partial charge on any atom is 0.256 e. The molecule has 0 aliphatic carbocycles. The van der Waals surface area contributed by atoms with Crippen LogP contribution in [0.1, 0.15) is 23.2 Å². The number of aromatic hydroxyl groups is 2. The van der Waals surface area contributed by atoms with Gasteiger partial charge in [0.15, 0.2) is 11.5 Å². The number of para-hydroxylation sites is 1. The first-order valence-electron chi connectivity index (χ1n) is 6.03. The molecule has 3 N–H and O–H groups in total. The van der Waals surface area contributed by atoms with E-state index in [0.29, 0.717) is 6.61 Å². The van der Waals surface area contributed by atoms with E-state index in [1.54, 1.807) is 0 Å². The van der Waals surface area contributed by atoms with Crippen molar-refractivity contribution >= 4 is 5.91 Å². The fourth-order valence-electron chi connectivity index (χ4n) is 2.04. The summed E-state index contributed by atoms with van der Waals surface area (Å²) in [4.78, 5) is 12.0. The summed E-state index contributed by atoms with van der Waals surface area (Å²) in [6.07, 6.45) is 6.90. The van der Waals surface area contributed by atoms with Gasteiger partial charge in [0.1, 0.15) is 6.04 Å². The normalized spacial score (nSPS) is 19.6. The molecule has 0 unspecified atom stereocenters. The van der Waals surface area contributed by atoms with Gasteiger partial charge in [-0.15, -0.1) is 6.42 Å². The number of rotatable bonds is 3. The van der Waals surface area contributed by atoms with Gasteiger partial charge in [-0.1, -0.05) is 12.0 Å². The van der Waals surface area contributed by atoms with E-state index in [1.165, 1.54) is 18.2 Å². The number of benzene rings is 1. The first kappa shape index (κ1) is 13.2. The Morgan fingerprint density at radius 3 is 2.95 bits per heavy atom. The third-order valence-electron chi connectivity index (χ3n) is 3.06. The Bertz CT molecular complexity index is 515. The van der Waals surface area contributed by atoms with E-state index < -0.39 is 17.7 Å². The van der Waals surface area contributed by atoms with Crippen molar-refractivity contribution in [2.24, 2.45) is 0 Å². The topological polar surface area (TPSA) is 78.8 Å². The minimum absolute atomic E-state index is 0.0155. The van der Waals surface area contributed by atoms with Crippen LogP contribution < -0.4 is 5.32 Å². The van der Waals surface area contributed by atoms with Crippen LogP contribution >= 0.6 is 0 Å². The first-order chi connectivity index (χ1) is 9.13. The predicted molar refractivity (Wildman–Crippen MR) is 68.8 cm³/mol. The van der Waals surface area contributed by atoms with Crippen molar-refractivity contribution in [1.82, 2.24) is 5.32 Å². The van der Waals surface area contributed by atoms with E-state index in [1.807, 2.05) is 0 Å². The van der Waals surface area contributed by atoms with Crippen molar-refractivity contribution in [3.8, 4) is 23.8 Å². The minimum atomic E-state index is -0.545. The van der Waals surface area contributed by atoms with E-state index in [4.69, 9.17) is 11.2 Å². The van der Waals surface area contributed by atoms with Crippen molar-refractivity contribution in [2.75, 3.05) is 6.61 Å². The van der Waals surface area contributed by atoms with Crippen LogP contribution in [-0.2, 0) is 4.74 Å². The average Bonchev–Trinajstić information content (AvgIpc) is 2.92. The largest absolute Gasteiger partial charge is 0.504 e. The highest BCUT2D eigenvalue weighted by atomic mass is 16.5. The molecule has 1 amide bonds. The maximum atomic E-state index is 12.0. The van der Waals surface area contributed by atoms with Crippen LogP contribution in [0.15, 0.2) is 18.2 Å². The molecule has 1 aromatic rings. The van der Waals surface area contributed by atoms with Crippen molar-refractivity contribution in [3.63, 3.8) is 0 Å². The Morgan fingerprint density at radius 2 is 2.32 bits per heavy atom. The van der Waals surface area contributed by atoms with Gasteiger partial charge in [-0.3, -0.25) is 4.79 Å². The zero-order valence-corrected chi connectivity index (χ0v) is 10.3. The van der Waals surface area contributed by atoms with E-state index in [-0.39, 0.29) is 17.4 Å². The van der Waals surface area contributed by atoms with Gasteiger partial charge in [0.25, 0.3) is 5.91 Å². The van der Waals surface area contributed by atoms with E-state index in [0.717, 1.165) is 12.8 Å². The second kappa shape index (κ2) is 5.63. The number of ether oxygens (including phenoxy) is 1. The summed E-state index contributed by atoms with van der Waals surface area (Å²) in [5.41, 5.74) is -0.0155. The fraction of sp³-hybridized carbons (Fsp3) is 0.357. The molecule has 0 spiro atoms. The summed E-state index contributed by atoms with van der Waals surface area (Å²) < 4.78 is 5.43. The molecule has 2 rings (SSSR count). The Morgan fingerprint density at radius 1 is 1.53 bits per heavy atom. The molecular weight excluding hydrogens is 246 g/mol. The predicted octanol–water partition coefficient (Wildman–Crippen LogP) is 1.01. The van der Waals surface area contributed by atoms with Crippen LogP contribution in [0.2, 0.25) is 0 Å². The van der Waals surface area contributed by atoms with E-state index >= 15 is 0 Å². The smallest absolute Gasteiger partial charge is 0.256 e. The van der Waals surface area contributed by atoms with Gasteiger partial charge in [-0.2, -0.15) is 0 Å². The second-order valence-electron chi connectivity index (χ2n) is 4.34. The quantitative estimate of drug-likeness (QED) is 0.560. The van der Waals surface area contributed by atoms with Crippen molar-refractivity contribution in [2.45, 2.75) is 25.0 Å². The molecule has 19 heavy (non-hydrogen) atoms. The SMILES string of the molecule is C#C[C@H](NC(=O)c1cccc(O)c1O)[C@@H]1CCCO1. The van der Waals surface area contributed by atoms with Gasteiger partial charge in [-0.25, -0.2) is 0 Å². The Kier molecular flexibility index (Phi) is 3.93. The van der Waals surface area contributed by atoms with Crippen LogP contribution in [-0.4, -0.2) is 34.9 Å². The fourth-order valence-corrected chi connectivity index (χ4v) is 2.04. The zero-order valence-electron chi connectivity index (χ0n) is 10.3. The number of hydrogen-bond acceptors (Lipinski definition) is 4. The minimum Gasteiger partial charge on any atom is -0.504 e. The molecule has 0 radical (unpaired) electrons. The third kappa shape index (κ3) is 2.80. The standard InChI is InChI=1S/C14H15NO4/c1-2-10(12-7-4-8-19-12)15-14(18)9-5-3-6-11(16)13(9)17/h1,3,5-6,10,12,16-17H,4,7-8H2,(H,15,18)/t10-,12-/m0/s1. The van der Waals surface area contributed by atoms with Crippen LogP contribution in [0.4, 0.5) is 0 Å². The molecule has 1 fully saturated rings. The number of terminal acetylenes is 1. The summed E-state index contributed by atoms with van der Waals surface area (Å²) in [6, 6.07) is 3.64. The number of carbonyl (C=O) groups is 1. The zero-order chi connectivity index (χ0) is 13.8. The Hall–Kier alpha value is -2.19. The molecule has 1 saturated heterocycles. The first-order valence-corrected chi connectivity index (χ1v) is 6.03. The van der Waals surface area contributed by atoms with Crippen LogP contribution in [0.5, 0.6) is 11.5 Å². The summed E-state index contributed by atoms with van der Waals surface area (Å²) in [5.74, 6) is 1.14. The van der Waals surface area contributed by atoms with Gasteiger partial charge < -0.3 is 20.3 Å². The second-order valence-corrected chi connectivity index (χ2v) is 4.34. The number of nitrogens with one attached hydrogen (secondary N) is 1. The lowest BCUT2D eigenvalue weighted by Gasteiger charge is -2.19. The Labute approximate surface area is 111 Å². The molecule has 5 heteroatoms. The molecule has 100 valence electrons. The lowest BCUT2D eigenvalue weighted by atomic mass is 10.1. The summed E-state index contributed by atoms with van der Waals surface area (Å²) in [5, 5.41) is 21.6. The van der Waals surface area contributed by atoms with E-state index in [2.05, 4.69) is 11.2 Å². The summed E-state index contributed by atoms with van der Waals surface area (Å²) in [7, 11) is 0. The lowest BCUT2D eigenvalue weighted by molar-refractivity contribution is 0.0774. The number of carbonyl (C=O) groups excluding carboxylic acids is 1. The molecule has 0 saturated carbocycles. The number of phenols is 2. The molecular formula is C14H15NO4. The van der Waals surface area contributed by atoms with Crippen LogP contribution in [0.25, 0.3) is 0 Å². The van der Waals surface area contributed by atoms with Gasteiger partial charge in [0.05, 0.1) is 11.7 Å². The molecule has 1 heterocycles. The number of amides is 1. The molecule has 5 nitrogen and oxygen atoms in total. The number of phenolic OH excluding ortho intramolecular Hbond substituents is 2. The van der Waals surface area contributed by atoms with Crippen LogP contribution in [0.3, 0.4) is 0 Å². The maximum absolute atomic E-state index is 12.0. The molecule has 1 aromatic carbocycles. The third-order valence-corrected chi connectivity index (χ3v) is 3.06. The number of hydrogen-bond donors (Lipinski definition) is 3. The molecule has 0 aromatic heterocycles. The molecule has 0 bridgehead atoms. The van der Waals surface area contributed by atoms with Crippen molar-refractivity contribution < 1.29 is 19.7 Å². The monoisotopic (exact) mass is 261 g/mol. The highest BCUT2D eigenvalue weighted by molar-refractivity contribution is 5.98. The average molecular weight is 261 g/mol. The van der Waals surface area contributed by atoms with Gasteiger partial charge in [0, 0.05) is 6.61 Å².